The molecule has 0 unspecified atom stereocenters. The fourth-order valence-electron chi connectivity index (χ4n) is 2.01. The molecule has 0 aliphatic rings. The van der Waals surface area contributed by atoms with Gasteiger partial charge in [0.25, 0.3) is 0 Å². The monoisotopic (exact) mass is 849 g/mol. The van der Waals surface area contributed by atoms with Gasteiger partial charge in [0.15, 0.2) is 0 Å². The Labute approximate surface area is 226 Å². The van der Waals surface area contributed by atoms with Gasteiger partial charge in [-0.3, -0.25) is 0 Å². The molecular weight excluding hydrogens is 824 g/mol. The van der Waals surface area contributed by atoms with Crippen molar-refractivity contribution in [1.29, 1.82) is 0 Å². The van der Waals surface area contributed by atoms with Crippen LogP contribution in [0.15, 0.2) is 72.8 Å². The Kier molecular flexibility index (Phi) is 14.5. The van der Waals surface area contributed by atoms with Gasteiger partial charge < -0.3 is 11.5 Å². The van der Waals surface area contributed by atoms with Gasteiger partial charge in [-0.05, 0) is 0 Å². The number of nitrogens with two attached hydrogens (primary N) is 5. The van der Waals surface area contributed by atoms with Crippen molar-refractivity contribution in [1.82, 2.24) is 0 Å². The van der Waals surface area contributed by atoms with E-state index >= 15 is 0 Å². The van der Waals surface area contributed by atoms with Crippen LogP contribution in [0.2, 0.25) is 0 Å². The number of hydrogen-bond donors (Lipinski definition) is 11. The minimum absolute atomic E-state index is 0.0812. The van der Waals surface area contributed by atoms with Crippen LogP contribution in [-0.2, 0) is 9.05 Å². The summed E-state index contributed by atoms with van der Waals surface area (Å²) in [5.41, 5.74) is 26.0. The molecule has 0 fully saturated rings. The molecule has 0 saturated heterocycles. The Morgan fingerprint density at radius 2 is 0.595 bits per heavy atom. The third-order valence-corrected chi connectivity index (χ3v) is 12.0. The zero-order valence-electron chi connectivity index (χ0n) is 19.0. The van der Waals surface area contributed by atoms with Gasteiger partial charge in [0.05, 0.1) is 0 Å². The van der Waals surface area contributed by atoms with Crippen molar-refractivity contribution in [3.8, 4) is 0 Å². The number of urea groups is 1. The fraction of sp³-hybridized carbons (Fsp3) is 0. The average molecular weight is 852 g/mol. The Bertz CT molecular complexity index is 1120. The van der Waals surface area contributed by atoms with Crippen LogP contribution in [0, 0.1) is 0 Å². The molecule has 3 aromatic carbocycles. The van der Waals surface area contributed by atoms with E-state index in [4.69, 9.17) is 42.3 Å². The van der Waals surface area contributed by atoms with E-state index in [9.17, 15) is 9.05 Å². The summed E-state index contributed by atoms with van der Waals surface area (Å²) in [6.45, 7) is 0. The molecular formula is C19H28N5O10Sb3. The van der Waals surface area contributed by atoms with E-state index in [1.807, 2.05) is 0 Å². The first kappa shape index (κ1) is 34.9. The van der Waals surface area contributed by atoms with E-state index in [0.29, 0.717) is 17.1 Å². The molecule has 3 aromatic rings. The second kappa shape index (κ2) is 15.4. The SMILES string of the molecule is NC(N)=O.Nc1cc[c]([Sb](=[O])([OH])[OH])cc1.Nc1cc[c]([Sb](=[O])([OH])[OH])cc1.Nc1cc[c]([Sb](=[O])([OH])[OH])cc1. The van der Waals surface area contributed by atoms with Crippen molar-refractivity contribution in [3.63, 3.8) is 0 Å². The molecule has 204 valence electrons. The number of carbonyl (C=O) groups is 1. The first-order chi connectivity index (χ1) is 16.7. The van der Waals surface area contributed by atoms with Crippen LogP contribution >= 0.6 is 0 Å². The molecule has 0 radical (unpaired) electrons. The summed E-state index contributed by atoms with van der Waals surface area (Å²) in [5, 5.41) is 0. The van der Waals surface area contributed by atoms with Crippen LogP contribution < -0.4 is 39.2 Å². The number of benzene rings is 3. The van der Waals surface area contributed by atoms with E-state index < -0.39 is 64.9 Å². The van der Waals surface area contributed by atoms with E-state index in [1.165, 1.54) is 72.8 Å². The minimum atomic E-state index is -4.95. The van der Waals surface area contributed by atoms with Crippen LogP contribution in [0.3, 0.4) is 0 Å². The van der Waals surface area contributed by atoms with Gasteiger partial charge in [-0.25, -0.2) is 4.79 Å². The van der Waals surface area contributed by atoms with E-state index in [1.54, 1.807) is 0 Å². The molecule has 0 spiro atoms. The molecule has 18 heteroatoms. The summed E-state index contributed by atoms with van der Waals surface area (Å²) in [7, 11) is 0. The molecule has 0 aromatic heterocycles. The standard InChI is InChI=1S/3C6H6N.CH4N2O.6H2O.3O.3Sb/c3*7-6-4-2-1-3-5-6;2-1(3)4;;;;;;;;;;;;/h3*2-5H,7H2;(H4,2,3,4);6*1H2;;;;;;/q;;;;;;;;;;;;;3*+2/p-6. The Morgan fingerprint density at radius 1 is 0.459 bits per heavy atom. The molecule has 0 atom stereocenters. The van der Waals surface area contributed by atoms with E-state index in [0.717, 1.165) is 0 Å². The predicted octanol–water partition coefficient (Wildman–Crippen LogP) is -4.49. The van der Waals surface area contributed by atoms with E-state index in [-0.39, 0.29) is 10.5 Å². The molecule has 0 aliphatic carbocycles. The maximum atomic E-state index is 10.7. The Morgan fingerprint density at radius 3 is 0.703 bits per heavy atom. The molecule has 0 heterocycles. The molecule has 16 N–H and O–H groups in total. The van der Waals surface area contributed by atoms with Crippen LogP contribution in [0.1, 0.15) is 0 Å². The first-order valence-corrected chi connectivity index (χ1v) is 23.3. The fourth-order valence-corrected chi connectivity index (χ4v) is 6.61. The van der Waals surface area contributed by atoms with Crippen molar-refractivity contribution in [3.05, 3.63) is 72.8 Å². The molecule has 37 heavy (non-hydrogen) atoms. The van der Waals surface area contributed by atoms with Crippen LogP contribution in [-0.4, -0.2) is 85.2 Å². The van der Waals surface area contributed by atoms with Gasteiger partial charge in [-0.1, -0.05) is 0 Å². The van der Waals surface area contributed by atoms with Gasteiger partial charge in [-0.2, -0.15) is 0 Å². The van der Waals surface area contributed by atoms with Gasteiger partial charge in [0, 0.05) is 0 Å². The van der Waals surface area contributed by atoms with E-state index in [2.05, 4.69) is 11.5 Å². The topological polar surface area (TPSA) is 320 Å². The normalized spacial score (nSPS) is 10.9. The van der Waals surface area contributed by atoms with Crippen molar-refractivity contribution in [2.45, 2.75) is 0 Å². The van der Waals surface area contributed by atoms with Gasteiger partial charge in [0.2, 0.25) is 0 Å². The third kappa shape index (κ3) is 16.4. The Hall–Kier alpha value is -2.06. The quantitative estimate of drug-likeness (QED) is 0.0876. The summed E-state index contributed by atoms with van der Waals surface area (Å²) in [4.78, 5) is 9.00. The summed E-state index contributed by atoms with van der Waals surface area (Å²) in [6, 6.07) is 16.1. The number of rotatable bonds is 3. The van der Waals surface area contributed by atoms with Crippen LogP contribution in [0.25, 0.3) is 0 Å². The number of primary amides is 2. The predicted molar refractivity (Wildman–Crippen MR) is 138 cm³/mol. The van der Waals surface area contributed by atoms with Crippen LogP contribution in [0.4, 0.5) is 21.9 Å². The van der Waals surface area contributed by atoms with Crippen molar-refractivity contribution >= 4 is 92.5 Å². The number of hydrogen-bond acceptors (Lipinski definition) is 7. The van der Waals surface area contributed by atoms with Crippen molar-refractivity contribution < 1.29 is 34.2 Å². The summed E-state index contributed by atoms with van der Waals surface area (Å²) < 4.78 is 84.7. The van der Waals surface area contributed by atoms with Crippen molar-refractivity contribution in [2.24, 2.45) is 11.5 Å². The van der Waals surface area contributed by atoms with Gasteiger partial charge in [-0.15, -0.1) is 0 Å². The number of carbonyl (C=O) groups excluding carboxylic acids is 1. The molecule has 2 amide bonds. The molecule has 0 bridgehead atoms. The third-order valence-electron chi connectivity index (χ3n) is 3.69. The zero-order valence-corrected chi connectivity index (χ0v) is 26.6. The summed E-state index contributed by atoms with van der Waals surface area (Å²) >= 11 is -14.9. The molecule has 0 saturated carbocycles. The van der Waals surface area contributed by atoms with Gasteiger partial charge in [0.1, 0.15) is 0 Å². The van der Waals surface area contributed by atoms with Crippen molar-refractivity contribution in [2.75, 3.05) is 17.2 Å². The number of nitrogen functional groups attached to an aromatic ring is 3. The zero-order chi connectivity index (χ0) is 29.0. The van der Waals surface area contributed by atoms with Crippen LogP contribution in [0.5, 0.6) is 0 Å². The number of anilines is 3. The second-order valence-electron chi connectivity index (χ2n) is 6.81. The summed E-state index contributed by atoms with van der Waals surface area (Å²) in [5.74, 6) is 0. The second-order valence-corrected chi connectivity index (χ2v) is 20.5. The maximum absolute atomic E-state index is 10.7. The molecule has 0 aliphatic heterocycles. The van der Waals surface area contributed by atoms with Gasteiger partial charge >= 0.3 is 212 Å². The average Bonchev–Trinajstić information content (AvgIpc) is 2.73. The molecule has 15 nitrogen and oxygen atoms in total. The number of amides is 2. The molecule has 3 rings (SSSR count). The first-order valence-electron chi connectivity index (χ1n) is 9.53. The summed E-state index contributed by atoms with van der Waals surface area (Å²) in [6.07, 6.45) is 0. The Balaban J connectivity index is 0.000000490.